The van der Waals surface area contributed by atoms with Crippen molar-refractivity contribution in [3.05, 3.63) is 23.1 Å². The molecule has 4 nitrogen and oxygen atoms in total. The Balaban J connectivity index is 2.90. The minimum Gasteiger partial charge on any atom is -0.492 e. The van der Waals surface area contributed by atoms with Gasteiger partial charge in [0.05, 0.1) is 18.0 Å². The van der Waals surface area contributed by atoms with Crippen LogP contribution in [0.1, 0.15) is 20.3 Å². The average Bonchev–Trinajstić information content (AvgIpc) is 2.00. The summed E-state index contributed by atoms with van der Waals surface area (Å²) in [6, 6.07) is 0. The van der Waals surface area contributed by atoms with Crippen molar-refractivity contribution in [3.63, 3.8) is 0 Å². The molecule has 0 aromatic rings. The summed E-state index contributed by atoms with van der Waals surface area (Å²) >= 11 is 0. The highest BCUT2D eigenvalue weighted by molar-refractivity contribution is 5.34. The van der Waals surface area contributed by atoms with Crippen LogP contribution in [0.25, 0.3) is 0 Å². The van der Waals surface area contributed by atoms with Crippen molar-refractivity contribution in [2.24, 2.45) is 17.2 Å². The van der Waals surface area contributed by atoms with Gasteiger partial charge in [0.2, 0.25) is 0 Å². The first-order chi connectivity index (χ1) is 5.97. The molecule has 0 aliphatic heterocycles. The van der Waals surface area contributed by atoms with Crippen LogP contribution in [-0.2, 0) is 4.74 Å². The minimum absolute atomic E-state index is 0.449. The van der Waals surface area contributed by atoms with E-state index >= 15 is 0 Å². The molecule has 0 saturated heterocycles. The second kappa shape index (κ2) is 3.40. The van der Waals surface area contributed by atoms with Crippen molar-refractivity contribution in [2.45, 2.75) is 25.9 Å². The smallest absolute Gasteiger partial charge is 0.138 e. The normalized spacial score (nSPS) is 21.4. The number of nitrogens with two attached hydrogens (primary N) is 3. The molecule has 0 amide bonds. The van der Waals surface area contributed by atoms with Crippen LogP contribution in [0.3, 0.4) is 0 Å². The van der Waals surface area contributed by atoms with E-state index in [9.17, 15) is 0 Å². The second-order valence-electron chi connectivity index (χ2n) is 3.37. The fraction of sp³-hybridized carbons (Fsp3) is 0.556. The molecule has 4 heteroatoms. The molecule has 1 aliphatic carbocycles. The summed E-state index contributed by atoms with van der Waals surface area (Å²) in [4.78, 5) is 0. The lowest BCUT2D eigenvalue weighted by atomic mass is 9.92. The molecule has 13 heavy (non-hydrogen) atoms. The summed E-state index contributed by atoms with van der Waals surface area (Å²) in [5, 5.41) is 0. The third-order valence-corrected chi connectivity index (χ3v) is 2.18. The monoisotopic (exact) mass is 183 g/mol. The quantitative estimate of drug-likeness (QED) is 0.532. The van der Waals surface area contributed by atoms with Gasteiger partial charge < -0.3 is 21.9 Å². The second-order valence-corrected chi connectivity index (χ2v) is 3.37. The molecule has 0 aromatic heterocycles. The molecule has 0 saturated carbocycles. The highest BCUT2D eigenvalue weighted by Crippen LogP contribution is 2.25. The van der Waals surface area contributed by atoms with Gasteiger partial charge in [-0.1, -0.05) is 0 Å². The first kappa shape index (κ1) is 10.1. The Bertz CT molecular complexity index is 266. The molecule has 0 aromatic carbocycles. The fourth-order valence-electron chi connectivity index (χ4n) is 1.26. The van der Waals surface area contributed by atoms with E-state index in [4.69, 9.17) is 21.9 Å². The van der Waals surface area contributed by atoms with Crippen molar-refractivity contribution in [2.75, 3.05) is 6.61 Å². The Kier molecular flexibility index (Phi) is 2.63. The Hall–Kier alpha value is -1.00. The Labute approximate surface area is 78.4 Å². The van der Waals surface area contributed by atoms with Crippen LogP contribution >= 0.6 is 0 Å². The molecule has 0 radical (unpaired) electrons. The zero-order valence-electron chi connectivity index (χ0n) is 8.13. The maximum atomic E-state index is 5.81. The minimum atomic E-state index is -0.815. The summed E-state index contributed by atoms with van der Waals surface area (Å²) < 4.78 is 5.33. The molecule has 74 valence electrons. The van der Waals surface area contributed by atoms with Gasteiger partial charge in [0.15, 0.2) is 0 Å². The Morgan fingerprint density at radius 3 is 2.69 bits per heavy atom. The lowest BCUT2D eigenvalue weighted by Gasteiger charge is -2.30. The van der Waals surface area contributed by atoms with Gasteiger partial charge >= 0.3 is 0 Å². The molecule has 0 unspecified atom stereocenters. The molecule has 0 atom stereocenters. The molecular weight excluding hydrogens is 166 g/mol. The lowest BCUT2D eigenvalue weighted by molar-refractivity contribution is 0.231. The highest BCUT2D eigenvalue weighted by atomic mass is 16.5. The zero-order chi connectivity index (χ0) is 10.1. The van der Waals surface area contributed by atoms with Crippen molar-refractivity contribution >= 4 is 0 Å². The van der Waals surface area contributed by atoms with Gasteiger partial charge in [0, 0.05) is 6.42 Å². The molecule has 6 N–H and O–H groups in total. The summed E-state index contributed by atoms with van der Waals surface area (Å²) in [5.41, 5.74) is 18.1. The lowest BCUT2D eigenvalue weighted by Crippen LogP contribution is -2.52. The summed E-state index contributed by atoms with van der Waals surface area (Å²) in [5.74, 6) is 0.700. The van der Waals surface area contributed by atoms with Gasteiger partial charge in [-0.15, -0.1) is 0 Å². The summed E-state index contributed by atoms with van der Waals surface area (Å²) in [6.45, 7) is 4.39. The number of hydrogen-bond acceptors (Lipinski definition) is 4. The molecule has 0 spiro atoms. The predicted molar refractivity (Wildman–Crippen MR) is 52.3 cm³/mol. The van der Waals surface area contributed by atoms with Gasteiger partial charge in [-0.2, -0.15) is 0 Å². The van der Waals surface area contributed by atoms with Crippen LogP contribution in [0, 0.1) is 0 Å². The third-order valence-electron chi connectivity index (χ3n) is 2.18. The molecule has 1 aliphatic rings. The van der Waals surface area contributed by atoms with E-state index in [1.165, 1.54) is 0 Å². The van der Waals surface area contributed by atoms with Crippen LogP contribution in [0.4, 0.5) is 0 Å². The van der Waals surface area contributed by atoms with E-state index in [0.29, 0.717) is 24.5 Å². The van der Waals surface area contributed by atoms with Crippen molar-refractivity contribution in [3.8, 4) is 0 Å². The summed E-state index contributed by atoms with van der Waals surface area (Å²) in [7, 11) is 0. The molecule has 0 bridgehead atoms. The summed E-state index contributed by atoms with van der Waals surface area (Å²) in [6.07, 6.45) is 2.26. The van der Waals surface area contributed by atoms with Crippen molar-refractivity contribution < 1.29 is 4.74 Å². The molecule has 1 rings (SSSR count). The zero-order valence-corrected chi connectivity index (χ0v) is 8.13. The van der Waals surface area contributed by atoms with Gasteiger partial charge in [0.25, 0.3) is 0 Å². The topological polar surface area (TPSA) is 87.3 Å². The van der Waals surface area contributed by atoms with E-state index < -0.39 is 5.66 Å². The van der Waals surface area contributed by atoms with Crippen LogP contribution < -0.4 is 17.2 Å². The third kappa shape index (κ3) is 2.02. The Morgan fingerprint density at radius 2 is 2.15 bits per heavy atom. The largest absolute Gasteiger partial charge is 0.492 e. The standard InChI is InChI=1S/C9H17N3O/c1-3-13-8-4-6(2)9(11,12)5-7(8)10/h4H,3,5,10-12H2,1-2H3. The highest BCUT2D eigenvalue weighted by Gasteiger charge is 2.28. The van der Waals surface area contributed by atoms with E-state index in [2.05, 4.69) is 0 Å². The van der Waals surface area contributed by atoms with E-state index in [-0.39, 0.29) is 0 Å². The fourth-order valence-corrected chi connectivity index (χ4v) is 1.26. The van der Waals surface area contributed by atoms with Gasteiger partial charge in [-0.25, -0.2) is 0 Å². The van der Waals surface area contributed by atoms with Crippen LogP contribution in [0.15, 0.2) is 23.1 Å². The van der Waals surface area contributed by atoms with Gasteiger partial charge in [0.1, 0.15) is 5.76 Å². The maximum Gasteiger partial charge on any atom is 0.138 e. The van der Waals surface area contributed by atoms with Gasteiger partial charge in [-0.3, -0.25) is 0 Å². The number of rotatable bonds is 2. The first-order valence-corrected chi connectivity index (χ1v) is 4.35. The van der Waals surface area contributed by atoms with E-state index in [0.717, 1.165) is 5.57 Å². The maximum absolute atomic E-state index is 5.81. The number of hydrogen-bond donors (Lipinski definition) is 3. The molecule has 0 heterocycles. The predicted octanol–water partition coefficient (Wildman–Crippen LogP) is 0.157. The first-order valence-electron chi connectivity index (χ1n) is 4.35. The van der Waals surface area contributed by atoms with E-state index in [1.54, 1.807) is 0 Å². The van der Waals surface area contributed by atoms with Crippen molar-refractivity contribution in [1.82, 2.24) is 0 Å². The molecule has 0 fully saturated rings. The van der Waals surface area contributed by atoms with Crippen LogP contribution in [-0.4, -0.2) is 12.3 Å². The van der Waals surface area contributed by atoms with E-state index in [1.807, 2.05) is 19.9 Å². The molecular formula is C9H17N3O. The van der Waals surface area contributed by atoms with Crippen LogP contribution in [0.5, 0.6) is 0 Å². The number of allylic oxidation sites excluding steroid dienone is 1. The Morgan fingerprint density at radius 1 is 1.54 bits per heavy atom. The SMILES string of the molecule is CCOC1=C(N)CC(N)(N)C(C)=C1. The van der Waals surface area contributed by atoms with Gasteiger partial charge in [-0.05, 0) is 25.5 Å². The number of ether oxygens (including phenoxy) is 1. The van der Waals surface area contributed by atoms with Crippen molar-refractivity contribution in [1.29, 1.82) is 0 Å². The van der Waals surface area contributed by atoms with Crippen LogP contribution in [0.2, 0.25) is 0 Å². The average molecular weight is 183 g/mol.